The summed E-state index contributed by atoms with van der Waals surface area (Å²) in [7, 11) is 0. The lowest BCUT2D eigenvalue weighted by atomic mass is 10.0. The topological polar surface area (TPSA) is 75.4 Å². The van der Waals surface area contributed by atoms with Crippen molar-refractivity contribution in [3.63, 3.8) is 0 Å². The Morgan fingerprint density at radius 3 is 2.96 bits per heavy atom. The molecule has 1 fully saturated rings. The van der Waals surface area contributed by atoms with E-state index in [4.69, 9.17) is 0 Å². The number of aryl methyl sites for hydroxylation is 1. The fourth-order valence-corrected chi connectivity index (χ4v) is 3.80. The van der Waals surface area contributed by atoms with Crippen LogP contribution < -0.4 is 10.2 Å². The lowest BCUT2D eigenvalue weighted by Crippen LogP contribution is -2.45. The molecule has 1 aliphatic rings. The molecule has 3 aromatic heterocycles. The second-order valence-electron chi connectivity index (χ2n) is 6.18. The Labute approximate surface area is 149 Å². The van der Waals surface area contributed by atoms with Crippen LogP contribution in [0.3, 0.4) is 0 Å². The van der Waals surface area contributed by atoms with Gasteiger partial charge < -0.3 is 10.2 Å². The number of aromatic nitrogens is 4. The molecule has 0 bridgehead atoms. The molecule has 0 saturated carbocycles. The van der Waals surface area contributed by atoms with Crippen molar-refractivity contribution in [3.8, 4) is 0 Å². The summed E-state index contributed by atoms with van der Waals surface area (Å²) in [4.78, 5) is 23.2. The molecule has 3 aromatic rings. The first kappa shape index (κ1) is 16.0. The van der Waals surface area contributed by atoms with Crippen molar-refractivity contribution in [1.82, 2.24) is 24.9 Å². The number of piperidine rings is 1. The molecule has 8 heteroatoms. The first-order valence-electron chi connectivity index (χ1n) is 8.52. The highest BCUT2D eigenvalue weighted by Crippen LogP contribution is 2.21. The smallest absolute Gasteiger partial charge is 0.254 e. The first-order chi connectivity index (χ1) is 12.2. The highest BCUT2D eigenvalue weighted by molar-refractivity contribution is 7.08. The number of carbonyl (C=O) groups is 1. The molecule has 1 N–H and O–H groups in total. The van der Waals surface area contributed by atoms with Crippen LogP contribution in [0, 0.1) is 0 Å². The van der Waals surface area contributed by atoms with E-state index >= 15 is 0 Å². The fraction of sp³-hybridized carbons (Fsp3) is 0.412. The second kappa shape index (κ2) is 6.79. The van der Waals surface area contributed by atoms with E-state index in [1.165, 1.54) is 0 Å². The number of nitrogens with zero attached hydrogens (tertiary/aromatic N) is 5. The van der Waals surface area contributed by atoms with Crippen molar-refractivity contribution in [2.24, 2.45) is 0 Å². The monoisotopic (exact) mass is 356 g/mol. The van der Waals surface area contributed by atoms with Crippen molar-refractivity contribution in [1.29, 1.82) is 0 Å². The summed E-state index contributed by atoms with van der Waals surface area (Å²) in [6.07, 6.45) is 4.23. The van der Waals surface area contributed by atoms with Gasteiger partial charge >= 0.3 is 0 Å². The first-order valence-corrected chi connectivity index (χ1v) is 9.46. The maximum atomic E-state index is 12.2. The number of amides is 1. The Kier molecular flexibility index (Phi) is 4.35. The van der Waals surface area contributed by atoms with Gasteiger partial charge in [0.1, 0.15) is 12.1 Å². The van der Waals surface area contributed by atoms with Crippen LogP contribution in [0.1, 0.15) is 35.8 Å². The molecule has 0 radical (unpaired) electrons. The Balaban J connectivity index is 1.45. The van der Waals surface area contributed by atoms with E-state index in [9.17, 15) is 4.79 Å². The van der Waals surface area contributed by atoms with Crippen molar-refractivity contribution in [3.05, 3.63) is 40.5 Å². The summed E-state index contributed by atoms with van der Waals surface area (Å²) in [6.45, 7) is 3.83. The van der Waals surface area contributed by atoms with E-state index in [0.29, 0.717) is 5.78 Å². The maximum Gasteiger partial charge on any atom is 0.254 e. The Morgan fingerprint density at radius 1 is 1.40 bits per heavy atom. The zero-order valence-electron chi connectivity index (χ0n) is 14.1. The lowest BCUT2D eigenvalue weighted by molar-refractivity contribution is 0.0931. The molecule has 0 aromatic carbocycles. The molecule has 4 rings (SSSR count). The van der Waals surface area contributed by atoms with Crippen LogP contribution in [0.4, 0.5) is 5.82 Å². The number of hydrogen-bond donors (Lipinski definition) is 1. The molecule has 7 nitrogen and oxygen atoms in total. The molecule has 1 amide bonds. The fourth-order valence-electron chi connectivity index (χ4n) is 3.17. The van der Waals surface area contributed by atoms with Crippen LogP contribution in [0.5, 0.6) is 0 Å². The van der Waals surface area contributed by atoms with Gasteiger partial charge in [0.15, 0.2) is 0 Å². The van der Waals surface area contributed by atoms with Gasteiger partial charge in [-0.15, -0.1) is 0 Å². The van der Waals surface area contributed by atoms with E-state index in [0.717, 1.165) is 49.4 Å². The molecule has 130 valence electrons. The van der Waals surface area contributed by atoms with Crippen LogP contribution in [-0.4, -0.2) is 44.6 Å². The van der Waals surface area contributed by atoms with E-state index in [2.05, 4.69) is 38.3 Å². The van der Waals surface area contributed by atoms with Gasteiger partial charge in [-0.05, 0) is 30.7 Å². The number of thiophene rings is 1. The molecular formula is C17H20N6OS. The third-order valence-corrected chi connectivity index (χ3v) is 5.27. The van der Waals surface area contributed by atoms with Gasteiger partial charge in [-0.1, -0.05) is 6.92 Å². The predicted octanol–water partition coefficient (Wildman–Crippen LogP) is 2.15. The molecule has 0 aliphatic carbocycles. The van der Waals surface area contributed by atoms with Crippen molar-refractivity contribution in [2.75, 3.05) is 18.0 Å². The lowest BCUT2D eigenvalue weighted by Gasteiger charge is -2.33. The highest BCUT2D eigenvalue weighted by Gasteiger charge is 2.23. The van der Waals surface area contributed by atoms with Gasteiger partial charge in [0.25, 0.3) is 11.7 Å². The van der Waals surface area contributed by atoms with Gasteiger partial charge in [0, 0.05) is 41.8 Å². The zero-order valence-corrected chi connectivity index (χ0v) is 14.9. The number of nitrogens with one attached hydrogen (secondary N) is 1. The summed E-state index contributed by atoms with van der Waals surface area (Å²) in [5.74, 6) is 1.69. The van der Waals surface area contributed by atoms with Crippen LogP contribution >= 0.6 is 11.3 Å². The van der Waals surface area contributed by atoms with Crippen LogP contribution in [0.2, 0.25) is 0 Å². The molecule has 0 unspecified atom stereocenters. The van der Waals surface area contributed by atoms with E-state index in [1.807, 2.05) is 16.8 Å². The average molecular weight is 356 g/mol. The number of hydrogen-bond acceptors (Lipinski definition) is 6. The third-order valence-electron chi connectivity index (χ3n) is 4.59. The van der Waals surface area contributed by atoms with Gasteiger partial charge in [-0.3, -0.25) is 4.79 Å². The number of fused-ring (bicyclic) bond motifs is 1. The zero-order chi connectivity index (χ0) is 17.2. The molecule has 4 heterocycles. The van der Waals surface area contributed by atoms with Crippen LogP contribution in [0.25, 0.3) is 5.78 Å². The molecule has 0 spiro atoms. The Bertz CT molecular complexity index is 867. The van der Waals surface area contributed by atoms with Gasteiger partial charge in [0.05, 0.1) is 0 Å². The predicted molar refractivity (Wildman–Crippen MR) is 97.2 cm³/mol. The molecular weight excluding hydrogens is 336 g/mol. The number of anilines is 1. The molecule has 25 heavy (non-hydrogen) atoms. The summed E-state index contributed by atoms with van der Waals surface area (Å²) >= 11 is 1.54. The summed E-state index contributed by atoms with van der Waals surface area (Å²) < 4.78 is 1.80. The standard InChI is InChI=1S/C17H20N6OS/c1-2-13-9-15(23-17(21-13)18-11-19-23)22-6-3-14(4-7-22)20-16(24)12-5-8-25-10-12/h5,8-11,14H,2-4,6-7H2,1H3,(H,20,24). The van der Waals surface area contributed by atoms with E-state index in [-0.39, 0.29) is 11.9 Å². The van der Waals surface area contributed by atoms with Crippen molar-refractivity contribution < 1.29 is 4.79 Å². The van der Waals surface area contributed by atoms with Crippen molar-refractivity contribution >= 4 is 28.8 Å². The second-order valence-corrected chi connectivity index (χ2v) is 6.96. The quantitative estimate of drug-likeness (QED) is 0.775. The van der Waals surface area contributed by atoms with Gasteiger partial charge in [0.2, 0.25) is 0 Å². The normalized spacial score (nSPS) is 15.6. The highest BCUT2D eigenvalue weighted by atomic mass is 32.1. The third kappa shape index (κ3) is 3.21. The molecule has 1 aliphatic heterocycles. The van der Waals surface area contributed by atoms with E-state index in [1.54, 1.807) is 22.2 Å². The minimum atomic E-state index is 0.0237. The largest absolute Gasteiger partial charge is 0.356 e. The molecule has 0 atom stereocenters. The summed E-state index contributed by atoms with van der Waals surface area (Å²) in [5.41, 5.74) is 1.77. The Hall–Kier alpha value is -2.48. The Morgan fingerprint density at radius 2 is 2.24 bits per heavy atom. The van der Waals surface area contributed by atoms with E-state index < -0.39 is 0 Å². The maximum absolute atomic E-state index is 12.2. The summed E-state index contributed by atoms with van der Waals surface area (Å²) in [6, 6.07) is 4.16. The van der Waals surface area contributed by atoms with Gasteiger partial charge in [-0.2, -0.15) is 25.9 Å². The molecule has 1 saturated heterocycles. The van der Waals surface area contributed by atoms with Crippen LogP contribution in [-0.2, 0) is 6.42 Å². The number of rotatable bonds is 4. The minimum absolute atomic E-state index is 0.0237. The summed E-state index contributed by atoms with van der Waals surface area (Å²) in [5, 5.41) is 11.3. The minimum Gasteiger partial charge on any atom is -0.356 e. The van der Waals surface area contributed by atoms with Gasteiger partial charge in [-0.25, -0.2) is 4.98 Å². The SMILES string of the molecule is CCc1cc(N2CCC(NC(=O)c3ccsc3)CC2)n2ncnc2n1. The van der Waals surface area contributed by atoms with Crippen molar-refractivity contribution in [2.45, 2.75) is 32.2 Å². The average Bonchev–Trinajstić information content (AvgIpc) is 3.33. The number of carbonyl (C=O) groups excluding carboxylic acids is 1. The van der Waals surface area contributed by atoms with Crippen LogP contribution in [0.15, 0.2) is 29.2 Å².